The number of hydrogen-bond acceptors (Lipinski definition) is 3. The van der Waals surface area contributed by atoms with Gasteiger partial charge in [-0.05, 0) is 12.1 Å². The van der Waals surface area contributed by atoms with Crippen LogP contribution in [0.4, 0.5) is 0 Å². The number of nitrogens with zero attached hydrogens (tertiary/aromatic N) is 1. The largest absolute Gasteiger partial charge is 0.478 e. The Labute approximate surface area is 73.8 Å². The van der Waals surface area contributed by atoms with E-state index in [-0.39, 0.29) is 12.1 Å². The summed E-state index contributed by atoms with van der Waals surface area (Å²) in [7, 11) is 0. The molecule has 0 atom stereocenters. The molecule has 1 aromatic carbocycles. The van der Waals surface area contributed by atoms with Crippen molar-refractivity contribution in [3.63, 3.8) is 0 Å². The minimum absolute atomic E-state index is 0.132. The van der Waals surface area contributed by atoms with Crippen LogP contribution in [0.3, 0.4) is 0 Å². The summed E-state index contributed by atoms with van der Waals surface area (Å²) >= 11 is 0. The van der Waals surface area contributed by atoms with Crippen LogP contribution in [0.25, 0.3) is 0 Å². The van der Waals surface area contributed by atoms with Crippen LogP contribution in [0.15, 0.2) is 24.3 Å². The van der Waals surface area contributed by atoms with Crippen molar-refractivity contribution in [3.8, 4) is 0 Å². The molecule has 1 N–H and O–H groups in total. The number of benzene rings is 1. The van der Waals surface area contributed by atoms with E-state index in [1.807, 2.05) is 0 Å². The maximum Gasteiger partial charge on any atom is 0.335 e. The summed E-state index contributed by atoms with van der Waals surface area (Å²) in [6, 6.07) is 5.57. The van der Waals surface area contributed by atoms with Crippen molar-refractivity contribution in [2.24, 2.45) is 0 Å². The predicted octanol–water partition coefficient (Wildman–Crippen LogP) is 1.16. The highest BCUT2D eigenvalue weighted by Crippen LogP contribution is 2.04. The van der Waals surface area contributed by atoms with Crippen molar-refractivity contribution in [3.05, 3.63) is 45.5 Å². The average molecular weight is 181 g/mol. The molecule has 0 radical (unpaired) electrons. The summed E-state index contributed by atoms with van der Waals surface area (Å²) in [6.07, 6.45) is 0. The summed E-state index contributed by atoms with van der Waals surface area (Å²) in [5.74, 6) is -1.03. The number of carboxylic acid groups (broad SMARTS) is 1. The molecule has 1 rings (SSSR count). The fourth-order valence-electron chi connectivity index (χ4n) is 0.902. The fraction of sp³-hybridized carbons (Fsp3) is 0.125. The third kappa shape index (κ3) is 2.55. The first-order valence-electron chi connectivity index (χ1n) is 3.53. The topological polar surface area (TPSA) is 80.4 Å². The van der Waals surface area contributed by atoms with E-state index in [4.69, 9.17) is 5.11 Å². The molecular weight excluding hydrogens is 174 g/mol. The van der Waals surface area contributed by atoms with Gasteiger partial charge in [-0.15, -0.1) is 0 Å². The first-order valence-corrected chi connectivity index (χ1v) is 3.53. The predicted molar refractivity (Wildman–Crippen MR) is 44.1 cm³/mol. The quantitative estimate of drug-likeness (QED) is 0.560. The molecule has 0 bridgehead atoms. The highest BCUT2D eigenvalue weighted by molar-refractivity contribution is 5.87. The van der Waals surface area contributed by atoms with Gasteiger partial charge in [0.1, 0.15) is 0 Å². The molecule has 0 aromatic heterocycles. The SMILES string of the molecule is O=C(O)c1ccc(C[N+](=O)[O-])cc1. The summed E-state index contributed by atoms with van der Waals surface area (Å²) in [4.78, 5) is 20.0. The average Bonchev–Trinajstić information content (AvgIpc) is 2.04. The van der Waals surface area contributed by atoms with Gasteiger partial charge in [-0.3, -0.25) is 10.1 Å². The molecule has 0 saturated carbocycles. The maximum atomic E-state index is 10.4. The van der Waals surface area contributed by atoms with E-state index in [1.54, 1.807) is 0 Å². The Balaban J connectivity index is 2.81. The van der Waals surface area contributed by atoms with Gasteiger partial charge in [0.2, 0.25) is 6.54 Å². The second-order valence-electron chi connectivity index (χ2n) is 2.49. The summed E-state index contributed by atoms with van der Waals surface area (Å²) < 4.78 is 0. The van der Waals surface area contributed by atoms with Crippen molar-refractivity contribution in [1.29, 1.82) is 0 Å². The van der Waals surface area contributed by atoms with Crippen LogP contribution in [0.2, 0.25) is 0 Å². The van der Waals surface area contributed by atoms with Gasteiger partial charge in [0.15, 0.2) is 0 Å². The van der Waals surface area contributed by atoms with Crippen LogP contribution >= 0.6 is 0 Å². The standard InChI is InChI=1S/C8H7NO4/c10-8(11)7-3-1-6(2-4-7)5-9(12)13/h1-4H,5H2,(H,10,11). The summed E-state index contributed by atoms with van der Waals surface area (Å²) in [5, 5.41) is 18.6. The number of aromatic carboxylic acids is 1. The molecule has 0 fully saturated rings. The molecular formula is C8H7NO4. The van der Waals surface area contributed by atoms with Crippen LogP contribution in [0.1, 0.15) is 15.9 Å². The monoisotopic (exact) mass is 181 g/mol. The lowest BCUT2D eigenvalue weighted by Gasteiger charge is -1.95. The lowest BCUT2D eigenvalue weighted by atomic mass is 10.1. The maximum absolute atomic E-state index is 10.4. The van der Waals surface area contributed by atoms with Gasteiger partial charge < -0.3 is 5.11 Å². The van der Waals surface area contributed by atoms with E-state index < -0.39 is 10.9 Å². The lowest BCUT2D eigenvalue weighted by molar-refractivity contribution is -0.496. The normalized spacial score (nSPS) is 9.54. The minimum Gasteiger partial charge on any atom is -0.478 e. The third-order valence-corrected chi connectivity index (χ3v) is 1.51. The van der Waals surface area contributed by atoms with Gasteiger partial charge >= 0.3 is 5.97 Å². The zero-order chi connectivity index (χ0) is 9.84. The zero-order valence-electron chi connectivity index (χ0n) is 6.64. The molecule has 68 valence electrons. The molecule has 0 spiro atoms. The molecule has 5 heteroatoms. The van der Waals surface area contributed by atoms with Gasteiger partial charge in [0.05, 0.1) is 5.56 Å². The van der Waals surface area contributed by atoms with E-state index in [1.165, 1.54) is 24.3 Å². The molecule has 0 amide bonds. The molecule has 0 aliphatic carbocycles. The lowest BCUT2D eigenvalue weighted by Crippen LogP contribution is -2.00. The summed E-state index contributed by atoms with van der Waals surface area (Å²) in [5.41, 5.74) is 0.627. The van der Waals surface area contributed by atoms with E-state index in [2.05, 4.69) is 0 Å². The van der Waals surface area contributed by atoms with Crippen molar-refractivity contribution in [2.75, 3.05) is 0 Å². The molecule has 0 heterocycles. The molecule has 0 aliphatic rings. The second-order valence-corrected chi connectivity index (χ2v) is 2.49. The number of carboxylic acids is 1. The molecule has 0 aliphatic heterocycles. The summed E-state index contributed by atoms with van der Waals surface area (Å²) in [6.45, 7) is -0.278. The number of nitro groups is 1. The first kappa shape index (κ1) is 9.18. The van der Waals surface area contributed by atoms with E-state index in [0.717, 1.165) is 0 Å². The number of rotatable bonds is 3. The van der Waals surface area contributed by atoms with Crippen LogP contribution in [-0.2, 0) is 6.54 Å². The second kappa shape index (κ2) is 3.66. The Kier molecular flexibility index (Phi) is 2.59. The number of hydrogen-bond donors (Lipinski definition) is 1. The smallest absolute Gasteiger partial charge is 0.335 e. The fourth-order valence-corrected chi connectivity index (χ4v) is 0.902. The Morgan fingerprint density at radius 1 is 1.38 bits per heavy atom. The Bertz CT molecular complexity index is 331. The highest BCUT2D eigenvalue weighted by atomic mass is 16.6. The minimum atomic E-state index is -1.03. The first-order chi connectivity index (χ1) is 6.09. The Morgan fingerprint density at radius 3 is 2.31 bits per heavy atom. The van der Waals surface area contributed by atoms with Crippen LogP contribution in [0, 0.1) is 10.1 Å². The van der Waals surface area contributed by atoms with Crippen LogP contribution < -0.4 is 0 Å². The number of carbonyl (C=O) groups is 1. The van der Waals surface area contributed by atoms with Gasteiger partial charge in [0.25, 0.3) is 0 Å². The molecule has 5 nitrogen and oxygen atoms in total. The Hall–Kier alpha value is -1.91. The van der Waals surface area contributed by atoms with Gasteiger partial charge in [-0.1, -0.05) is 12.1 Å². The highest BCUT2D eigenvalue weighted by Gasteiger charge is 2.04. The molecule has 0 unspecified atom stereocenters. The van der Waals surface area contributed by atoms with Gasteiger partial charge in [0, 0.05) is 10.5 Å². The van der Waals surface area contributed by atoms with Gasteiger partial charge in [-0.25, -0.2) is 4.79 Å². The van der Waals surface area contributed by atoms with E-state index in [9.17, 15) is 14.9 Å². The van der Waals surface area contributed by atoms with Crippen molar-refractivity contribution >= 4 is 5.97 Å². The molecule has 0 saturated heterocycles. The zero-order valence-corrected chi connectivity index (χ0v) is 6.64. The Morgan fingerprint density at radius 2 is 1.92 bits per heavy atom. The molecule has 13 heavy (non-hydrogen) atoms. The van der Waals surface area contributed by atoms with Crippen molar-refractivity contribution in [2.45, 2.75) is 6.54 Å². The van der Waals surface area contributed by atoms with E-state index >= 15 is 0 Å². The third-order valence-electron chi connectivity index (χ3n) is 1.51. The van der Waals surface area contributed by atoms with Crippen LogP contribution in [0.5, 0.6) is 0 Å². The van der Waals surface area contributed by atoms with Crippen molar-refractivity contribution in [1.82, 2.24) is 0 Å². The van der Waals surface area contributed by atoms with Gasteiger partial charge in [-0.2, -0.15) is 0 Å². The van der Waals surface area contributed by atoms with Crippen LogP contribution in [-0.4, -0.2) is 16.0 Å². The van der Waals surface area contributed by atoms with E-state index in [0.29, 0.717) is 5.56 Å². The van der Waals surface area contributed by atoms with Crippen molar-refractivity contribution < 1.29 is 14.8 Å². The molecule has 1 aromatic rings.